The fourth-order valence-electron chi connectivity index (χ4n) is 3.43. The quantitative estimate of drug-likeness (QED) is 0.867. The second-order valence-corrected chi connectivity index (χ2v) is 8.26. The zero-order valence-electron chi connectivity index (χ0n) is 13.8. The Balaban J connectivity index is 0.00000208. The van der Waals surface area contributed by atoms with Crippen molar-refractivity contribution in [1.82, 2.24) is 4.31 Å². The van der Waals surface area contributed by atoms with Crippen molar-refractivity contribution in [2.24, 2.45) is 11.7 Å². The maximum atomic E-state index is 12.9. The maximum absolute atomic E-state index is 12.9. The van der Waals surface area contributed by atoms with Crippen LogP contribution in [0.4, 0.5) is 5.69 Å². The Morgan fingerprint density at radius 2 is 2.08 bits per heavy atom. The standard InChI is InChI=1S/C16H23N3O3S.ClH/c1-12(20)19-8-6-14-4-5-15(9-16(14)19)23(21,22)18-7-2-3-13(10-17)11-18;/h4-5,9,13H,2-3,6-8,10-11,17H2,1H3;1H. The fourth-order valence-corrected chi connectivity index (χ4v) is 5.01. The number of piperidine rings is 1. The van der Waals surface area contributed by atoms with Gasteiger partial charge in [0.15, 0.2) is 0 Å². The lowest BCUT2D eigenvalue weighted by Crippen LogP contribution is -2.42. The van der Waals surface area contributed by atoms with Gasteiger partial charge in [-0.1, -0.05) is 6.07 Å². The molecule has 0 aromatic heterocycles. The average Bonchev–Trinajstić information content (AvgIpc) is 2.98. The van der Waals surface area contributed by atoms with Gasteiger partial charge in [-0.05, 0) is 49.4 Å². The van der Waals surface area contributed by atoms with E-state index < -0.39 is 10.0 Å². The number of carbonyl (C=O) groups excluding carboxylic acids is 1. The van der Waals surface area contributed by atoms with Crippen molar-refractivity contribution in [3.05, 3.63) is 23.8 Å². The van der Waals surface area contributed by atoms with E-state index in [-0.39, 0.29) is 29.1 Å². The first-order chi connectivity index (χ1) is 10.9. The minimum absolute atomic E-state index is 0. The van der Waals surface area contributed by atoms with Crippen LogP contribution in [-0.4, -0.2) is 44.8 Å². The normalized spacial score (nSPS) is 21.2. The molecule has 2 N–H and O–H groups in total. The van der Waals surface area contributed by atoms with Gasteiger partial charge in [0.2, 0.25) is 15.9 Å². The third-order valence-electron chi connectivity index (χ3n) is 4.79. The van der Waals surface area contributed by atoms with Crippen molar-refractivity contribution < 1.29 is 13.2 Å². The maximum Gasteiger partial charge on any atom is 0.243 e. The molecule has 1 fully saturated rings. The highest BCUT2D eigenvalue weighted by Crippen LogP contribution is 2.32. The number of anilines is 1. The summed E-state index contributed by atoms with van der Waals surface area (Å²) in [6.07, 6.45) is 2.59. The third-order valence-corrected chi connectivity index (χ3v) is 6.65. The molecule has 0 radical (unpaired) electrons. The topological polar surface area (TPSA) is 83.7 Å². The Kier molecular flexibility index (Phi) is 5.91. The largest absolute Gasteiger partial charge is 0.330 e. The van der Waals surface area contributed by atoms with Gasteiger partial charge in [0.25, 0.3) is 0 Å². The number of sulfonamides is 1. The SMILES string of the molecule is CC(=O)N1CCc2ccc(S(=O)(=O)N3CCCC(CN)C3)cc21.Cl. The zero-order valence-corrected chi connectivity index (χ0v) is 15.4. The van der Waals surface area contributed by atoms with E-state index in [4.69, 9.17) is 5.73 Å². The van der Waals surface area contributed by atoms with E-state index >= 15 is 0 Å². The summed E-state index contributed by atoms with van der Waals surface area (Å²) in [7, 11) is -3.54. The first kappa shape index (κ1) is 19.2. The molecule has 2 aliphatic heterocycles. The van der Waals surface area contributed by atoms with Gasteiger partial charge in [-0.3, -0.25) is 4.79 Å². The Hall–Kier alpha value is -1.15. The Bertz CT molecular complexity index is 723. The summed E-state index contributed by atoms with van der Waals surface area (Å²) < 4.78 is 27.3. The number of fused-ring (bicyclic) bond motifs is 1. The molecule has 24 heavy (non-hydrogen) atoms. The molecule has 134 valence electrons. The predicted octanol–water partition coefficient (Wildman–Crippen LogP) is 1.38. The molecule has 1 saturated heterocycles. The number of nitrogens with zero attached hydrogens (tertiary/aromatic N) is 2. The van der Waals surface area contributed by atoms with E-state index in [9.17, 15) is 13.2 Å². The van der Waals surface area contributed by atoms with Crippen molar-refractivity contribution in [3.8, 4) is 0 Å². The molecule has 2 aliphatic rings. The number of hydrogen-bond acceptors (Lipinski definition) is 4. The van der Waals surface area contributed by atoms with Gasteiger partial charge in [0.05, 0.1) is 4.90 Å². The van der Waals surface area contributed by atoms with Crippen LogP contribution in [0.3, 0.4) is 0 Å². The summed E-state index contributed by atoms with van der Waals surface area (Å²) in [6.45, 7) is 3.65. The molecule has 1 unspecified atom stereocenters. The zero-order chi connectivity index (χ0) is 16.6. The van der Waals surface area contributed by atoms with Crippen molar-refractivity contribution in [2.75, 3.05) is 31.1 Å². The summed E-state index contributed by atoms with van der Waals surface area (Å²) in [5.74, 6) is 0.168. The van der Waals surface area contributed by atoms with Crippen molar-refractivity contribution in [3.63, 3.8) is 0 Å². The van der Waals surface area contributed by atoms with Crippen LogP contribution in [-0.2, 0) is 21.2 Å². The van der Waals surface area contributed by atoms with Crippen LogP contribution < -0.4 is 10.6 Å². The van der Waals surface area contributed by atoms with Crippen LogP contribution in [0.1, 0.15) is 25.3 Å². The number of nitrogens with two attached hydrogens (primary N) is 1. The van der Waals surface area contributed by atoms with E-state index in [1.165, 1.54) is 11.2 Å². The average molecular weight is 374 g/mol. The van der Waals surface area contributed by atoms with Gasteiger partial charge in [-0.2, -0.15) is 4.31 Å². The number of carbonyl (C=O) groups is 1. The van der Waals surface area contributed by atoms with Crippen LogP contribution in [0.25, 0.3) is 0 Å². The number of hydrogen-bond donors (Lipinski definition) is 1. The molecular formula is C16H24ClN3O3S. The number of rotatable bonds is 3. The molecular weight excluding hydrogens is 350 g/mol. The van der Waals surface area contributed by atoms with Gasteiger partial charge in [-0.15, -0.1) is 12.4 Å². The molecule has 3 rings (SSSR count). The molecule has 1 aromatic carbocycles. The van der Waals surface area contributed by atoms with Crippen molar-refractivity contribution in [1.29, 1.82) is 0 Å². The summed E-state index contributed by atoms with van der Waals surface area (Å²) in [5.41, 5.74) is 7.46. The van der Waals surface area contributed by atoms with Crippen LogP contribution in [0.2, 0.25) is 0 Å². The Morgan fingerprint density at radius 1 is 1.33 bits per heavy atom. The summed E-state index contributed by atoms with van der Waals surface area (Å²) in [4.78, 5) is 13.6. The molecule has 1 amide bonds. The van der Waals surface area contributed by atoms with E-state index in [1.807, 2.05) is 6.07 Å². The smallest absolute Gasteiger partial charge is 0.243 e. The van der Waals surface area contributed by atoms with Crippen LogP contribution >= 0.6 is 12.4 Å². The van der Waals surface area contributed by atoms with E-state index in [1.54, 1.807) is 17.0 Å². The minimum Gasteiger partial charge on any atom is -0.330 e. The van der Waals surface area contributed by atoms with Gasteiger partial charge < -0.3 is 10.6 Å². The molecule has 1 atom stereocenters. The second kappa shape index (κ2) is 7.39. The molecule has 2 heterocycles. The number of halogens is 1. The monoisotopic (exact) mass is 373 g/mol. The second-order valence-electron chi connectivity index (χ2n) is 6.32. The molecule has 0 spiro atoms. The Labute approximate surface area is 149 Å². The summed E-state index contributed by atoms with van der Waals surface area (Å²) >= 11 is 0. The van der Waals surface area contributed by atoms with Crippen LogP contribution in [0.15, 0.2) is 23.1 Å². The lowest BCUT2D eigenvalue weighted by atomic mass is 10.0. The van der Waals surface area contributed by atoms with Gasteiger partial charge in [0, 0.05) is 32.2 Å². The molecule has 0 bridgehead atoms. The van der Waals surface area contributed by atoms with E-state index in [0.717, 1.165) is 30.5 Å². The highest BCUT2D eigenvalue weighted by Gasteiger charge is 2.31. The van der Waals surface area contributed by atoms with E-state index in [0.29, 0.717) is 26.2 Å². The van der Waals surface area contributed by atoms with Crippen LogP contribution in [0.5, 0.6) is 0 Å². The molecule has 0 aliphatic carbocycles. The number of benzene rings is 1. The van der Waals surface area contributed by atoms with Gasteiger partial charge >= 0.3 is 0 Å². The first-order valence-electron chi connectivity index (χ1n) is 8.04. The molecule has 8 heteroatoms. The van der Waals surface area contributed by atoms with E-state index in [2.05, 4.69) is 0 Å². The summed E-state index contributed by atoms with van der Waals surface area (Å²) in [5, 5.41) is 0. The molecule has 0 saturated carbocycles. The van der Waals surface area contributed by atoms with Crippen molar-refractivity contribution >= 4 is 34.0 Å². The first-order valence-corrected chi connectivity index (χ1v) is 9.48. The lowest BCUT2D eigenvalue weighted by Gasteiger charge is -2.31. The highest BCUT2D eigenvalue weighted by atomic mass is 35.5. The van der Waals surface area contributed by atoms with Crippen molar-refractivity contribution in [2.45, 2.75) is 31.1 Å². The lowest BCUT2D eigenvalue weighted by molar-refractivity contribution is -0.116. The Morgan fingerprint density at radius 3 is 2.75 bits per heavy atom. The minimum atomic E-state index is -3.54. The van der Waals surface area contributed by atoms with Gasteiger partial charge in [-0.25, -0.2) is 8.42 Å². The van der Waals surface area contributed by atoms with Crippen LogP contribution in [0, 0.1) is 5.92 Å². The predicted molar refractivity (Wildman–Crippen MR) is 96.0 cm³/mol. The number of amides is 1. The third kappa shape index (κ3) is 3.44. The molecule has 1 aromatic rings. The highest BCUT2D eigenvalue weighted by molar-refractivity contribution is 7.89. The summed E-state index contributed by atoms with van der Waals surface area (Å²) in [6, 6.07) is 5.13. The fraction of sp³-hybridized carbons (Fsp3) is 0.562. The molecule has 6 nitrogen and oxygen atoms in total. The van der Waals surface area contributed by atoms with Gasteiger partial charge in [0.1, 0.15) is 0 Å².